The van der Waals surface area contributed by atoms with Gasteiger partial charge in [-0.15, -0.1) is 0 Å². The number of hydrogen-bond donors (Lipinski definition) is 1. The second kappa shape index (κ2) is 4.84. The van der Waals surface area contributed by atoms with Crippen LogP contribution in [-0.2, 0) is 6.42 Å². The molecule has 0 aliphatic heterocycles. The monoisotopic (exact) mass is 244 g/mol. The summed E-state index contributed by atoms with van der Waals surface area (Å²) in [6, 6.07) is 5.02. The predicted octanol–water partition coefficient (Wildman–Crippen LogP) is 3.54. The van der Waals surface area contributed by atoms with Crippen molar-refractivity contribution in [1.29, 1.82) is 0 Å². The van der Waals surface area contributed by atoms with Crippen LogP contribution in [-0.4, -0.2) is 12.0 Å². The number of hydrogen-bond acceptors (Lipinski definition) is 3. The highest BCUT2D eigenvalue weighted by molar-refractivity contribution is 5.40. The third-order valence-electron chi connectivity index (χ3n) is 3.28. The number of oxazole rings is 1. The zero-order valence-corrected chi connectivity index (χ0v) is 11.7. The average molecular weight is 244 g/mol. The smallest absolute Gasteiger partial charge is 0.294 e. The van der Waals surface area contributed by atoms with E-state index in [-0.39, 0.29) is 0 Å². The van der Waals surface area contributed by atoms with E-state index in [4.69, 9.17) is 4.42 Å². The lowest BCUT2D eigenvalue weighted by molar-refractivity contribution is 0.528. The molecule has 0 aliphatic carbocycles. The number of anilines is 1. The molecule has 2 aromatic rings. The molecular formula is C15H20N2O. The largest absolute Gasteiger partial charge is 0.428 e. The van der Waals surface area contributed by atoms with E-state index >= 15 is 0 Å². The molecule has 0 saturated carbocycles. The van der Waals surface area contributed by atoms with Gasteiger partial charge in [-0.3, -0.25) is 0 Å². The Balaban J connectivity index is 2.36. The summed E-state index contributed by atoms with van der Waals surface area (Å²) < 4.78 is 5.69. The Bertz CT molecular complexity index is 547. The Labute approximate surface area is 108 Å². The lowest BCUT2D eigenvalue weighted by atomic mass is 9.96. The summed E-state index contributed by atoms with van der Waals surface area (Å²) in [5, 5.41) is 2.93. The van der Waals surface area contributed by atoms with E-state index in [0.717, 1.165) is 17.9 Å². The quantitative estimate of drug-likeness (QED) is 0.897. The Morgan fingerprint density at radius 3 is 2.22 bits per heavy atom. The number of rotatable bonds is 3. The van der Waals surface area contributed by atoms with Crippen LogP contribution in [0.15, 0.2) is 16.5 Å². The van der Waals surface area contributed by atoms with Gasteiger partial charge in [0.1, 0.15) is 5.76 Å². The minimum absolute atomic E-state index is 0.588. The molecule has 2 rings (SSSR count). The van der Waals surface area contributed by atoms with Crippen LogP contribution in [0.1, 0.15) is 33.7 Å². The maximum atomic E-state index is 5.69. The van der Waals surface area contributed by atoms with Crippen LogP contribution in [0.5, 0.6) is 0 Å². The zero-order valence-electron chi connectivity index (χ0n) is 11.7. The normalized spacial score (nSPS) is 10.7. The second-order valence-corrected chi connectivity index (χ2v) is 4.83. The number of nitrogens with one attached hydrogen (secondary N) is 1. The summed E-state index contributed by atoms with van der Waals surface area (Å²) in [6.07, 6.45) is 0.804. The first-order chi connectivity index (χ1) is 8.51. The van der Waals surface area contributed by atoms with Crippen molar-refractivity contribution in [1.82, 2.24) is 4.98 Å². The van der Waals surface area contributed by atoms with Gasteiger partial charge in [-0.25, -0.2) is 0 Å². The Kier molecular flexibility index (Phi) is 3.41. The van der Waals surface area contributed by atoms with Gasteiger partial charge < -0.3 is 9.73 Å². The van der Waals surface area contributed by atoms with Crippen molar-refractivity contribution < 1.29 is 4.42 Å². The maximum absolute atomic E-state index is 5.69. The van der Waals surface area contributed by atoms with E-state index in [1.165, 1.54) is 22.3 Å². The molecule has 3 heteroatoms. The molecule has 0 fully saturated rings. The van der Waals surface area contributed by atoms with Crippen molar-refractivity contribution in [3.63, 3.8) is 0 Å². The van der Waals surface area contributed by atoms with Gasteiger partial charge in [0.15, 0.2) is 0 Å². The molecule has 0 unspecified atom stereocenters. The van der Waals surface area contributed by atoms with Gasteiger partial charge in [0.2, 0.25) is 0 Å². The van der Waals surface area contributed by atoms with Crippen molar-refractivity contribution in [3.05, 3.63) is 45.8 Å². The van der Waals surface area contributed by atoms with Crippen molar-refractivity contribution >= 4 is 6.01 Å². The van der Waals surface area contributed by atoms with Crippen molar-refractivity contribution in [2.24, 2.45) is 0 Å². The van der Waals surface area contributed by atoms with E-state index in [1.807, 2.05) is 14.0 Å². The van der Waals surface area contributed by atoms with E-state index in [1.54, 1.807) is 0 Å². The van der Waals surface area contributed by atoms with Gasteiger partial charge in [-0.1, -0.05) is 17.7 Å². The summed E-state index contributed by atoms with van der Waals surface area (Å²) in [4.78, 5) is 4.32. The van der Waals surface area contributed by atoms with Crippen molar-refractivity contribution in [2.75, 3.05) is 12.4 Å². The molecule has 18 heavy (non-hydrogen) atoms. The molecule has 1 aromatic heterocycles. The first kappa shape index (κ1) is 12.7. The minimum atomic E-state index is 0.588. The van der Waals surface area contributed by atoms with Crippen molar-refractivity contribution in [3.8, 4) is 0 Å². The third kappa shape index (κ3) is 2.40. The first-order valence-corrected chi connectivity index (χ1v) is 6.22. The van der Waals surface area contributed by atoms with E-state index < -0.39 is 0 Å². The summed E-state index contributed by atoms with van der Waals surface area (Å²) in [5.41, 5.74) is 6.23. The van der Waals surface area contributed by atoms with Gasteiger partial charge in [0.25, 0.3) is 6.01 Å². The van der Waals surface area contributed by atoms with Crippen LogP contribution in [0.4, 0.5) is 6.01 Å². The fourth-order valence-corrected chi connectivity index (χ4v) is 2.35. The molecular weight excluding hydrogens is 224 g/mol. The van der Waals surface area contributed by atoms with Crippen LogP contribution in [0.3, 0.4) is 0 Å². The van der Waals surface area contributed by atoms with Gasteiger partial charge in [-0.2, -0.15) is 4.98 Å². The van der Waals surface area contributed by atoms with Gasteiger partial charge in [0, 0.05) is 13.5 Å². The first-order valence-electron chi connectivity index (χ1n) is 6.22. The minimum Gasteiger partial charge on any atom is -0.428 e. The predicted molar refractivity (Wildman–Crippen MR) is 74.2 cm³/mol. The highest BCUT2D eigenvalue weighted by Gasteiger charge is 2.12. The number of benzene rings is 1. The molecule has 0 radical (unpaired) electrons. The molecule has 0 aliphatic rings. The molecule has 1 N–H and O–H groups in total. The summed E-state index contributed by atoms with van der Waals surface area (Å²) >= 11 is 0. The average Bonchev–Trinajstić information content (AvgIpc) is 2.64. The molecule has 0 bridgehead atoms. The maximum Gasteiger partial charge on any atom is 0.294 e. The van der Waals surface area contributed by atoms with Gasteiger partial charge in [-0.05, 0) is 44.4 Å². The van der Waals surface area contributed by atoms with Gasteiger partial charge >= 0.3 is 0 Å². The van der Waals surface area contributed by atoms with Gasteiger partial charge in [0.05, 0.1) is 5.69 Å². The fraction of sp³-hybridized carbons (Fsp3) is 0.400. The Morgan fingerprint density at radius 1 is 1.11 bits per heavy atom. The molecule has 3 nitrogen and oxygen atoms in total. The zero-order chi connectivity index (χ0) is 13.3. The van der Waals surface area contributed by atoms with Crippen LogP contribution in [0.2, 0.25) is 0 Å². The lowest BCUT2D eigenvalue weighted by Gasteiger charge is -2.10. The molecule has 96 valence electrons. The Hall–Kier alpha value is -1.77. The summed E-state index contributed by atoms with van der Waals surface area (Å²) in [7, 11) is 1.82. The summed E-state index contributed by atoms with van der Waals surface area (Å²) in [5.74, 6) is 0.939. The summed E-state index contributed by atoms with van der Waals surface area (Å²) in [6.45, 7) is 8.42. The van der Waals surface area contributed by atoms with Crippen LogP contribution in [0.25, 0.3) is 0 Å². The number of nitrogens with zero attached hydrogens (tertiary/aromatic N) is 1. The van der Waals surface area contributed by atoms with E-state index in [2.05, 4.69) is 43.2 Å². The van der Waals surface area contributed by atoms with Crippen LogP contribution in [0, 0.1) is 27.7 Å². The molecule has 0 saturated heterocycles. The van der Waals surface area contributed by atoms with Crippen molar-refractivity contribution in [2.45, 2.75) is 34.1 Å². The second-order valence-electron chi connectivity index (χ2n) is 4.83. The third-order valence-corrected chi connectivity index (χ3v) is 3.28. The standard InChI is InChI=1S/C15H20N2O/c1-9-6-10(2)13(11(3)7-9)8-14-12(4)17-15(16-5)18-14/h6-7H,8H2,1-5H3,(H,16,17). The molecule has 1 heterocycles. The van der Waals surface area contributed by atoms with Crippen LogP contribution >= 0.6 is 0 Å². The SMILES string of the molecule is CNc1nc(C)c(Cc2c(C)cc(C)cc2C)o1. The van der Waals surface area contributed by atoms with Crippen LogP contribution < -0.4 is 5.32 Å². The van der Waals surface area contributed by atoms with E-state index in [0.29, 0.717) is 6.01 Å². The molecule has 0 atom stereocenters. The highest BCUT2D eigenvalue weighted by atomic mass is 16.4. The molecule has 1 aromatic carbocycles. The Morgan fingerprint density at radius 2 is 1.72 bits per heavy atom. The number of aryl methyl sites for hydroxylation is 4. The van der Waals surface area contributed by atoms with E-state index in [9.17, 15) is 0 Å². The fourth-order valence-electron chi connectivity index (χ4n) is 2.35. The topological polar surface area (TPSA) is 38.1 Å². The number of aromatic nitrogens is 1. The molecule has 0 spiro atoms. The lowest BCUT2D eigenvalue weighted by Crippen LogP contribution is -1.97. The highest BCUT2D eigenvalue weighted by Crippen LogP contribution is 2.23. The molecule has 0 amide bonds.